The summed E-state index contributed by atoms with van der Waals surface area (Å²) in [5, 5.41) is 0. The van der Waals surface area contributed by atoms with Crippen LogP contribution >= 0.6 is 0 Å². The fourth-order valence-electron chi connectivity index (χ4n) is 2.07. The standard InChI is InChI=1S/C16H22O/c1-16(2,3)14-9-6-13(7-10-14)8-11-15-5-4-12-17-15/h6-11,15H,4-5,12H2,1-3H3/b11-8-. The molecular weight excluding hydrogens is 208 g/mol. The Morgan fingerprint density at radius 2 is 1.88 bits per heavy atom. The van der Waals surface area contributed by atoms with Gasteiger partial charge in [-0.1, -0.05) is 57.2 Å². The molecule has 0 bridgehead atoms. The molecule has 0 aliphatic carbocycles. The van der Waals surface area contributed by atoms with Crippen molar-refractivity contribution in [1.82, 2.24) is 0 Å². The number of ether oxygens (including phenoxy) is 1. The van der Waals surface area contributed by atoms with Gasteiger partial charge in [0.2, 0.25) is 0 Å². The van der Waals surface area contributed by atoms with Crippen molar-refractivity contribution in [2.24, 2.45) is 0 Å². The van der Waals surface area contributed by atoms with Crippen LogP contribution in [0.25, 0.3) is 6.08 Å². The predicted molar refractivity (Wildman–Crippen MR) is 73.2 cm³/mol. The molecule has 0 saturated carbocycles. The summed E-state index contributed by atoms with van der Waals surface area (Å²) >= 11 is 0. The van der Waals surface area contributed by atoms with Crippen LogP contribution in [0.3, 0.4) is 0 Å². The number of rotatable bonds is 2. The highest BCUT2D eigenvalue weighted by atomic mass is 16.5. The van der Waals surface area contributed by atoms with Crippen LogP contribution in [-0.4, -0.2) is 12.7 Å². The van der Waals surface area contributed by atoms with E-state index in [0.29, 0.717) is 6.10 Å². The van der Waals surface area contributed by atoms with E-state index < -0.39 is 0 Å². The van der Waals surface area contributed by atoms with Gasteiger partial charge in [0, 0.05) is 6.61 Å². The SMILES string of the molecule is CC(C)(C)c1ccc(/C=C\C2CCCO2)cc1. The van der Waals surface area contributed by atoms with Crippen LogP contribution in [0.4, 0.5) is 0 Å². The minimum Gasteiger partial charge on any atom is -0.374 e. The van der Waals surface area contributed by atoms with E-state index in [1.807, 2.05) is 0 Å². The van der Waals surface area contributed by atoms with E-state index >= 15 is 0 Å². The van der Waals surface area contributed by atoms with Crippen molar-refractivity contribution in [3.8, 4) is 0 Å². The molecule has 0 N–H and O–H groups in total. The van der Waals surface area contributed by atoms with Gasteiger partial charge in [-0.3, -0.25) is 0 Å². The fourth-order valence-corrected chi connectivity index (χ4v) is 2.07. The smallest absolute Gasteiger partial charge is 0.0759 e. The molecule has 1 nitrogen and oxygen atoms in total. The molecule has 1 atom stereocenters. The highest BCUT2D eigenvalue weighted by Crippen LogP contribution is 2.22. The molecular formula is C16H22O. The zero-order valence-electron chi connectivity index (χ0n) is 11.1. The Morgan fingerprint density at radius 3 is 2.41 bits per heavy atom. The number of hydrogen-bond donors (Lipinski definition) is 0. The lowest BCUT2D eigenvalue weighted by molar-refractivity contribution is 0.146. The van der Waals surface area contributed by atoms with Crippen LogP contribution in [0.5, 0.6) is 0 Å². The van der Waals surface area contributed by atoms with Gasteiger partial charge in [-0.25, -0.2) is 0 Å². The summed E-state index contributed by atoms with van der Waals surface area (Å²) in [5.74, 6) is 0. The first-order chi connectivity index (χ1) is 8.05. The van der Waals surface area contributed by atoms with Gasteiger partial charge in [0.25, 0.3) is 0 Å². The number of benzene rings is 1. The fraction of sp³-hybridized carbons (Fsp3) is 0.500. The van der Waals surface area contributed by atoms with Crippen molar-refractivity contribution >= 4 is 6.08 Å². The molecule has 1 aromatic carbocycles. The van der Waals surface area contributed by atoms with E-state index in [9.17, 15) is 0 Å². The van der Waals surface area contributed by atoms with E-state index in [1.165, 1.54) is 17.5 Å². The van der Waals surface area contributed by atoms with Crippen molar-refractivity contribution in [2.45, 2.75) is 45.1 Å². The van der Waals surface area contributed by atoms with Gasteiger partial charge in [-0.15, -0.1) is 0 Å². The normalized spacial score (nSPS) is 21.2. The quantitative estimate of drug-likeness (QED) is 0.740. The first kappa shape index (κ1) is 12.4. The first-order valence-corrected chi connectivity index (χ1v) is 6.46. The van der Waals surface area contributed by atoms with E-state index in [0.717, 1.165) is 13.0 Å². The summed E-state index contributed by atoms with van der Waals surface area (Å²) in [4.78, 5) is 0. The Bertz CT molecular complexity index is 375. The Kier molecular flexibility index (Phi) is 3.68. The summed E-state index contributed by atoms with van der Waals surface area (Å²) in [6.07, 6.45) is 7.04. The number of hydrogen-bond acceptors (Lipinski definition) is 1. The van der Waals surface area contributed by atoms with Crippen molar-refractivity contribution in [2.75, 3.05) is 6.61 Å². The molecule has 1 aliphatic heterocycles. The lowest BCUT2D eigenvalue weighted by Gasteiger charge is -2.18. The Labute approximate surface area is 104 Å². The average Bonchev–Trinajstić information content (AvgIpc) is 2.78. The predicted octanol–water partition coefficient (Wildman–Crippen LogP) is 4.18. The minimum absolute atomic E-state index is 0.233. The van der Waals surface area contributed by atoms with Crippen LogP contribution < -0.4 is 0 Å². The van der Waals surface area contributed by atoms with Crippen LogP contribution in [0, 0.1) is 0 Å². The highest BCUT2D eigenvalue weighted by molar-refractivity contribution is 5.50. The maximum Gasteiger partial charge on any atom is 0.0759 e. The van der Waals surface area contributed by atoms with Gasteiger partial charge in [0.1, 0.15) is 0 Å². The summed E-state index contributed by atoms with van der Waals surface area (Å²) in [5.41, 5.74) is 2.87. The molecule has 17 heavy (non-hydrogen) atoms. The van der Waals surface area contributed by atoms with Crippen molar-refractivity contribution in [3.63, 3.8) is 0 Å². The molecule has 1 unspecified atom stereocenters. The van der Waals surface area contributed by atoms with Gasteiger partial charge in [-0.2, -0.15) is 0 Å². The summed E-state index contributed by atoms with van der Waals surface area (Å²) in [7, 11) is 0. The molecule has 0 spiro atoms. The molecule has 1 fully saturated rings. The van der Waals surface area contributed by atoms with Gasteiger partial charge in [-0.05, 0) is 29.4 Å². The first-order valence-electron chi connectivity index (χ1n) is 6.46. The molecule has 1 aromatic rings. The average molecular weight is 230 g/mol. The zero-order chi connectivity index (χ0) is 12.3. The van der Waals surface area contributed by atoms with E-state index in [4.69, 9.17) is 4.74 Å². The molecule has 1 heteroatoms. The molecule has 1 saturated heterocycles. The van der Waals surface area contributed by atoms with Crippen molar-refractivity contribution < 1.29 is 4.74 Å². The Balaban J connectivity index is 2.02. The monoisotopic (exact) mass is 230 g/mol. The second-order valence-corrected chi connectivity index (χ2v) is 5.78. The lowest BCUT2D eigenvalue weighted by atomic mass is 9.87. The second kappa shape index (κ2) is 5.05. The third-order valence-electron chi connectivity index (χ3n) is 3.24. The van der Waals surface area contributed by atoms with Gasteiger partial charge in [0.05, 0.1) is 6.10 Å². The van der Waals surface area contributed by atoms with E-state index in [2.05, 4.69) is 57.2 Å². The molecule has 92 valence electrons. The van der Waals surface area contributed by atoms with Gasteiger partial charge >= 0.3 is 0 Å². The molecule has 0 aromatic heterocycles. The van der Waals surface area contributed by atoms with Crippen molar-refractivity contribution in [3.05, 3.63) is 41.5 Å². The molecule has 0 amide bonds. The summed E-state index contributed by atoms with van der Waals surface area (Å²) in [6, 6.07) is 8.81. The second-order valence-electron chi connectivity index (χ2n) is 5.78. The summed E-state index contributed by atoms with van der Waals surface area (Å²) in [6.45, 7) is 7.64. The molecule has 2 rings (SSSR count). The lowest BCUT2D eigenvalue weighted by Crippen LogP contribution is -2.10. The largest absolute Gasteiger partial charge is 0.374 e. The molecule has 0 radical (unpaired) electrons. The Morgan fingerprint density at radius 1 is 1.18 bits per heavy atom. The van der Waals surface area contributed by atoms with Crippen LogP contribution in [0.1, 0.15) is 44.7 Å². The van der Waals surface area contributed by atoms with E-state index in [1.54, 1.807) is 0 Å². The topological polar surface area (TPSA) is 9.23 Å². The minimum atomic E-state index is 0.233. The maximum atomic E-state index is 5.57. The summed E-state index contributed by atoms with van der Waals surface area (Å²) < 4.78 is 5.57. The van der Waals surface area contributed by atoms with Gasteiger partial charge < -0.3 is 4.74 Å². The van der Waals surface area contributed by atoms with Crippen LogP contribution in [0.2, 0.25) is 0 Å². The Hall–Kier alpha value is -1.08. The third-order valence-corrected chi connectivity index (χ3v) is 3.24. The van der Waals surface area contributed by atoms with Crippen LogP contribution in [-0.2, 0) is 10.2 Å². The molecule has 1 aliphatic rings. The van der Waals surface area contributed by atoms with Gasteiger partial charge in [0.15, 0.2) is 0 Å². The third kappa shape index (κ3) is 3.44. The van der Waals surface area contributed by atoms with E-state index in [-0.39, 0.29) is 5.41 Å². The maximum absolute atomic E-state index is 5.57. The molecule has 1 heterocycles. The zero-order valence-corrected chi connectivity index (χ0v) is 11.1. The van der Waals surface area contributed by atoms with Crippen LogP contribution in [0.15, 0.2) is 30.3 Å². The van der Waals surface area contributed by atoms with Crippen molar-refractivity contribution in [1.29, 1.82) is 0 Å². The highest BCUT2D eigenvalue weighted by Gasteiger charge is 2.13.